The minimum absolute atomic E-state index is 0.214. The van der Waals surface area contributed by atoms with Gasteiger partial charge in [-0.2, -0.15) is 0 Å². The summed E-state index contributed by atoms with van der Waals surface area (Å²) in [7, 11) is 0. The number of carbonyl (C=O) groups is 1. The molecule has 0 bridgehead atoms. The Hall–Kier alpha value is -0.570. The number of carbonyl (C=O) groups excluding carboxylic acids is 1. The zero-order valence-electron chi connectivity index (χ0n) is 9.55. The van der Waals surface area contributed by atoms with E-state index in [2.05, 4.69) is 17.1 Å². The minimum atomic E-state index is 0.214. The Labute approximate surface area is 86.9 Å². The van der Waals surface area contributed by atoms with Crippen LogP contribution < -0.4 is 5.32 Å². The van der Waals surface area contributed by atoms with E-state index < -0.39 is 0 Å². The molecule has 1 rings (SSSR count). The largest absolute Gasteiger partial charge is 0.354 e. The molecular weight excluding hydrogens is 176 g/mol. The molecule has 1 aliphatic rings. The van der Waals surface area contributed by atoms with E-state index in [-0.39, 0.29) is 17.9 Å². The van der Waals surface area contributed by atoms with Crippen LogP contribution in [0.1, 0.15) is 33.6 Å². The van der Waals surface area contributed by atoms with Crippen LogP contribution in [-0.4, -0.2) is 36.5 Å². The molecule has 1 amide bonds. The lowest BCUT2D eigenvalue weighted by Gasteiger charge is -2.31. The molecule has 0 radical (unpaired) electrons. The Kier molecular flexibility index (Phi) is 4.39. The monoisotopic (exact) mass is 198 g/mol. The fourth-order valence-electron chi connectivity index (χ4n) is 1.96. The van der Waals surface area contributed by atoms with Crippen LogP contribution in [0.2, 0.25) is 0 Å². The normalized spacial score (nSPS) is 23.9. The molecule has 1 heterocycles. The maximum atomic E-state index is 11.7. The third-order valence-corrected chi connectivity index (χ3v) is 2.75. The van der Waals surface area contributed by atoms with Crippen molar-refractivity contribution >= 4 is 5.91 Å². The molecule has 0 aliphatic carbocycles. The number of rotatable bonds is 3. The van der Waals surface area contributed by atoms with Gasteiger partial charge in [-0.15, -0.1) is 0 Å². The molecule has 0 aromatic rings. The van der Waals surface area contributed by atoms with E-state index in [1.165, 1.54) is 0 Å². The Bertz CT molecular complexity index is 192. The van der Waals surface area contributed by atoms with Crippen molar-refractivity contribution in [2.75, 3.05) is 19.6 Å². The van der Waals surface area contributed by atoms with Crippen molar-refractivity contribution < 1.29 is 4.79 Å². The van der Waals surface area contributed by atoms with E-state index in [1.807, 2.05) is 13.8 Å². The van der Waals surface area contributed by atoms with Gasteiger partial charge in [0.1, 0.15) is 0 Å². The average molecular weight is 198 g/mol. The lowest BCUT2D eigenvalue weighted by Crippen LogP contribution is -2.44. The quantitative estimate of drug-likeness (QED) is 0.740. The van der Waals surface area contributed by atoms with Crippen molar-refractivity contribution in [3.8, 4) is 0 Å². The van der Waals surface area contributed by atoms with Gasteiger partial charge in [0.15, 0.2) is 0 Å². The van der Waals surface area contributed by atoms with Gasteiger partial charge in [-0.25, -0.2) is 0 Å². The summed E-state index contributed by atoms with van der Waals surface area (Å²) < 4.78 is 0. The molecule has 0 spiro atoms. The first-order valence-corrected chi connectivity index (χ1v) is 5.66. The van der Waals surface area contributed by atoms with Crippen LogP contribution in [0.4, 0.5) is 0 Å². The highest BCUT2D eigenvalue weighted by Crippen LogP contribution is 2.16. The standard InChI is InChI=1S/C11H22N2O/c1-4-13-7-5-6-10(8-13)11(14)12-9(2)3/h9-10H,4-8H2,1-3H3,(H,12,14)/t10-/m1/s1. The second-order valence-electron chi connectivity index (χ2n) is 4.40. The predicted octanol–water partition coefficient (Wildman–Crippen LogP) is 1.24. The molecule has 14 heavy (non-hydrogen) atoms. The summed E-state index contributed by atoms with van der Waals surface area (Å²) in [6.45, 7) is 9.34. The van der Waals surface area contributed by atoms with Crippen LogP contribution >= 0.6 is 0 Å². The molecule has 0 aromatic carbocycles. The van der Waals surface area contributed by atoms with E-state index >= 15 is 0 Å². The highest BCUT2D eigenvalue weighted by molar-refractivity contribution is 5.79. The summed E-state index contributed by atoms with van der Waals surface area (Å²) in [5, 5.41) is 2.99. The molecule has 0 unspecified atom stereocenters. The average Bonchev–Trinajstić information content (AvgIpc) is 2.17. The van der Waals surface area contributed by atoms with Crippen molar-refractivity contribution in [3.05, 3.63) is 0 Å². The van der Waals surface area contributed by atoms with Gasteiger partial charge in [0.05, 0.1) is 5.92 Å². The zero-order valence-corrected chi connectivity index (χ0v) is 9.55. The van der Waals surface area contributed by atoms with Crippen LogP contribution in [0, 0.1) is 5.92 Å². The first-order chi connectivity index (χ1) is 6.63. The van der Waals surface area contributed by atoms with Gasteiger partial charge >= 0.3 is 0 Å². The van der Waals surface area contributed by atoms with E-state index in [9.17, 15) is 4.79 Å². The highest BCUT2D eigenvalue weighted by Gasteiger charge is 2.24. The summed E-state index contributed by atoms with van der Waals surface area (Å²) in [5.74, 6) is 0.448. The summed E-state index contributed by atoms with van der Waals surface area (Å²) >= 11 is 0. The zero-order chi connectivity index (χ0) is 10.6. The van der Waals surface area contributed by atoms with Crippen molar-refractivity contribution in [1.29, 1.82) is 0 Å². The van der Waals surface area contributed by atoms with Gasteiger partial charge < -0.3 is 10.2 Å². The SMILES string of the molecule is CCN1CCC[C@@H](C(=O)NC(C)C)C1. The third kappa shape index (κ3) is 3.29. The highest BCUT2D eigenvalue weighted by atomic mass is 16.1. The number of nitrogens with zero attached hydrogens (tertiary/aromatic N) is 1. The molecule has 82 valence electrons. The van der Waals surface area contributed by atoms with Crippen molar-refractivity contribution in [1.82, 2.24) is 10.2 Å². The number of nitrogens with one attached hydrogen (secondary N) is 1. The summed E-state index contributed by atoms with van der Waals surface area (Å²) in [5.41, 5.74) is 0. The molecule has 1 aliphatic heterocycles. The van der Waals surface area contributed by atoms with Crippen molar-refractivity contribution in [2.45, 2.75) is 39.7 Å². The van der Waals surface area contributed by atoms with E-state index in [0.717, 1.165) is 32.5 Å². The third-order valence-electron chi connectivity index (χ3n) is 2.75. The number of piperidine rings is 1. The molecule has 0 aromatic heterocycles. The van der Waals surface area contributed by atoms with Crippen LogP contribution in [0.25, 0.3) is 0 Å². The summed E-state index contributed by atoms with van der Waals surface area (Å²) in [6.07, 6.45) is 2.21. The Morgan fingerprint density at radius 1 is 1.57 bits per heavy atom. The van der Waals surface area contributed by atoms with Crippen molar-refractivity contribution in [2.24, 2.45) is 5.92 Å². The second kappa shape index (κ2) is 5.35. The molecular formula is C11H22N2O. The first kappa shape index (κ1) is 11.5. The Morgan fingerprint density at radius 3 is 2.86 bits per heavy atom. The van der Waals surface area contributed by atoms with Crippen LogP contribution in [-0.2, 0) is 4.79 Å². The van der Waals surface area contributed by atoms with E-state index in [4.69, 9.17) is 0 Å². The predicted molar refractivity (Wildman–Crippen MR) is 58.1 cm³/mol. The Morgan fingerprint density at radius 2 is 2.29 bits per heavy atom. The molecule has 1 fully saturated rings. The number of likely N-dealkylation sites (tertiary alicyclic amines) is 1. The molecule has 1 atom stereocenters. The molecule has 1 N–H and O–H groups in total. The van der Waals surface area contributed by atoms with Gasteiger partial charge in [0, 0.05) is 12.6 Å². The summed E-state index contributed by atoms with van der Waals surface area (Å²) in [6, 6.07) is 0.263. The molecule has 0 saturated carbocycles. The van der Waals surface area contributed by atoms with Gasteiger partial charge in [-0.3, -0.25) is 4.79 Å². The number of hydrogen-bond acceptors (Lipinski definition) is 2. The lowest BCUT2D eigenvalue weighted by atomic mass is 9.97. The molecule has 3 nitrogen and oxygen atoms in total. The van der Waals surface area contributed by atoms with E-state index in [0.29, 0.717) is 0 Å². The maximum absolute atomic E-state index is 11.7. The summed E-state index contributed by atoms with van der Waals surface area (Å²) in [4.78, 5) is 14.1. The minimum Gasteiger partial charge on any atom is -0.354 e. The van der Waals surface area contributed by atoms with Crippen LogP contribution in [0.5, 0.6) is 0 Å². The van der Waals surface area contributed by atoms with E-state index in [1.54, 1.807) is 0 Å². The smallest absolute Gasteiger partial charge is 0.224 e. The fraction of sp³-hybridized carbons (Fsp3) is 0.909. The fourth-order valence-corrected chi connectivity index (χ4v) is 1.96. The molecule has 3 heteroatoms. The molecule has 1 saturated heterocycles. The topological polar surface area (TPSA) is 32.3 Å². The number of amides is 1. The maximum Gasteiger partial charge on any atom is 0.224 e. The van der Waals surface area contributed by atoms with Crippen LogP contribution in [0.15, 0.2) is 0 Å². The van der Waals surface area contributed by atoms with Gasteiger partial charge in [0.2, 0.25) is 5.91 Å². The second-order valence-corrected chi connectivity index (χ2v) is 4.40. The van der Waals surface area contributed by atoms with Crippen LogP contribution in [0.3, 0.4) is 0 Å². The Balaban J connectivity index is 2.39. The lowest BCUT2D eigenvalue weighted by molar-refractivity contribution is -0.127. The first-order valence-electron chi connectivity index (χ1n) is 5.66. The van der Waals surface area contributed by atoms with Gasteiger partial charge in [-0.05, 0) is 39.8 Å². The van der Waals surface area contributed by atoms with Crippen molar-refractivity contribution in [3.63, 3.8) is 0 Å². The number of hydrogen-bond donors (Lipinski definition) is 1. The van der Waals surface area contributed by atoms with Gasteiger partial charge in [-0.1, -0.05) is 6.92 Å². The van der Waals surface area contributed by atoms with Gasteiger partial charge in [0.25, 0.3) is 0 Å².